The van der Waals surface area contributed by atoms with Gasteiger partial charge in [-0.15, -0.1) is 0 Å². The molecule has 0 spiro atoms. The SMILES string of the molecule is CCCc1cc(NC(=O)C2(CN)CC2)n[nH]1. The molecular weight excluding hydrogens is 204 g/mol. The Bertz CT molecular complexity index is 381. The van der Waals surface area contributed by atoms with E-state index in [4.69, 9.17) is 5.73 Å². The van der Waals surface area contributed by atoms with Gasteiger partial charge in [0.1, 0.15) is 0 Å². The number of hydrogen-bond acceptors (Lipinski definition) is 3. The van der Waals surface area contributed by atoms with Crippen molar-refractivity contribution in [3.63, 3.8) is 0 Å². The molecule has 0 radical (unpaired) electrons. The van der Waals surface area contributed by atoms with E-state index < -0.39 is 0 Å². The molecule has 1 aromatic rings. The molecule has 16 heavy (non-hydrogen) atoms. The minimum absolute atomic E-state index is 0.00421. The Labute approximate surface area is 94.8 Å². The Hall–Kier alpha value is -1.36. The van der Waals surface area contributed by atoms with Gasteiger partial charge in [-0.3, -0.25) is 9.89 Å². The summed E-state index contributed by atoms with van der Waals surface area (Å²) in [5.41, 5.74) is 6.32. The van der Waals surface area contributed by atoms with Gasteiger partial charge in [-0.1, -0.05) is 13.3 Å². The van der Waals surface area contributed by atoms with Crippen molar-refractivity contribution in [3.8, 4) is 0 Å². The van der Waals surface area contributed by atoms with Gasteiger partial charge in [-0.05, 0) is 19.3 Å². The molecule has 0 saturated heterocycles. The number of nitrogens with two attached hydrogens (primary N) is 1. The van der Waals surface area contributed by atoms with E-state index in [0.717, 1.165) is 31.4 Å². The quantitative estimate of drug-likeness (QED) is 0.696. The summed E-state index contributed by atoms with van der Waals surface area (Å²) in [7, 11) is 0. The summed E-state index contributed by atoms with van der Waals surface area (Å²) in [5, 5.41) is 9.77. The summed E-state index contributed by atoms with van der Waals surface area (Å²) in [6.45, 7) is 2.53. The van der Waals surface area contributed by atoms with Crippen molar-refractivity contribution in [3.05, 3.63) is 11.8 Å². The molecule has 0 aromatic carbocycles. The van der Waals surface area contributed by atoms with E-state index in [9.17, 15) is 4.79 Å². The summed E-state index contributed by atoms with van der Waals surface area (Å²) in [6, 6.07) is 1.88. The van der Waals surface area contributed by atoms with Gasteiger partial charge in [0.2, 0.25) is 5.91 Å². The molecule has 1 aromatic heterocycles. The highest BCUT2D eigenvalue weighted by Crippen LogP contribution is 2.45. The second-order valence-electron chi connectivity index (χ2n) is 4.47. The number of carbonyl (C=O) groups is 1. The van der Waals surface area contributed by atoms with Gasteiger partial charge in [0.05, 0.1) is 5.41 Å². The van der Waals surface area contributed by atoms with E-state index in [0.29, 0.717) is 12.4 Å². The molecule has 1 amide bonds. The number of aryl methyl sites for hydroxylation is 1. The smallest absolute Gasteiger partial charge is 0.233 e. The minimum atomic E-state index is -0.316. The molecule has 5 heteroatoms. The lowest BCUT2D eigenvalue weighted by atomic mass is 10.1. The zero-order valence-electron chi connectivity index (χ0n) is 9.55. The van der Waals surface area contributed by atoms with Crippen LogP contribution in [0, 0.1) is 5.41 Å². The zero-order chi connectivity index (χ0) is 11.6. The van der Waals surface area contributed by atoms with Crippen LogP contribution in [-0.4, -0.2) is 22.6 Å². The highest BCUT2D eigenvalue weighted by molar-refractivity contribution is 5.96. The maximum absolute atomic E-state index is 11.8. The Balaban J connectivity index is 1.96. The minimum Gasteiger partial charge on any atom is -0.329 e. The van der Waals surface area contributed by atoms with Crippen molar-refractivity contribution >= 4 is 11.7 Å². The van der Waals surface area contributed by atoms with E-state index in [2.05, 4.69) is 22.4 Å². The molecule has 4 N–H and O–H groups in total. The summed E-state index contributed by atoms with van der Waals surface area (Å²) in [4.78, 5) is 11.8. The van der Waals surface area contributed by atoms with Gasteiger partial charge >= 0.3 is 0 Å². The fraction of sp³-hybridized carbons (Fsp3) is 0.636. The van der Waals surface area contributed by atoms with Crippen LogP contribution in [0.2, 0.25) is 0 Å². The van der Waals surface area contributed by atoms with E-state index in [-0.39, 0.29) is 11.3 Å². The maximum atomic E-state index is 11.8. The van der Waals surface area contributed by atoms with Crippen LogP contribution in [0.5, 0.6) is 0 Å². The van der Waals surface area contributed by atoms with E-state index in [1.807, 2.05) is 6.07 Å². The number of amides is 1. The molecule has 0 atom stereocenters. The summed E-state index contributed by atoms with van der Waals surface area (Å²) in [5.74, 6) is 0.609. The molecule has 0 bridgehead atoms. The number of anilines is 1. The monoisotopic (exact) mass is 222 g/mol. The average molecular weight is 222 g/mol. The lowest BCUT2D eigenvalue weighted by Gasteiger charge is -2.10. The molecule has 1 fully saturated rings. The lowest BCUT2D eigenvalue weighted by Crippen LogP contribution is -2.30. The van der Waals surface area contributed by atoms with Crippen LogP contribution in [0.15, 0.2) is 6.07 Å². The van der Waals surface area contributed by atoms with Crippen LogP contribution in [0.3, 0.4) is 0 Å². The molecule has 0 aliphatic heterocycles. The third-order valence-corrected chi connectivity index (χ3v) is 3.12. The van der Waals surface area contributed by atoms with Gasteiger partial charge in [-0.2, -0.15) is 5.10 Å². The highest BCUT2D eigenvalue weighted by Gasteiger charge is 2.48. The maximum Gasteiger partial charge on any atom is 0.233 e. The molecule has 88 valence electrons. The average Bonchev–Trinajstić information content (AvgIpc) is 2.97. The van der Waals surface area contributed by atoms with Crippen molar-refractivity contribution in [1.82, 2.24) is 10.2 Å². The normalized spacial score (nSPS) is 17.1. The second kappa shape index (κ2) is 4.25. The number of hydrogen-bond donors (Lipinski definition) is 3. The topological polar surface area (TPSA) is 83.8 Å². The summed E-state index contributed by atoms with van der Waals surface area (Å²) >= 11 is 0. The number of carbonyl (C=O) groups excluding carboxylic acids is 1. The standard InChI is InChI=1S/C11H18N4O/c1-2-3-8-6-9(15-14-8)13-10(16)11(7-12)4-5-11/h6H,2-5,7,12H2,1H3,(H2,13,14,15,16). The van der Waals surface area contributed by atoms with Crippen LogP contribution < -0.4 is 11.1 Å². The van der Waals surface area contributed by atoms with Gasteiger partial charge in [-0.25, -0.2) is 0 Å². The number of aromatic nitrogens is 2. The Morgan fingerprint density at radius 3 is 3.00 bits per heavy atom. The Kier molecular flexibility index (Phi) is 2.96. The lowest BCUT2D eigenvalue weighted by molar-refractivity contribution is -0.120. The third-order valence-electron chi connectivity index (χ3n) is 3.12. The Morgan fingerprint density at radius 2 is 2.44 bits per heavy atom. The fourth-order valence-corrected chi connectivity index (χ4v) is 1.75. The van der Waals surface area contributed by atoms with Crippen LogP contribution in [0.4, 0.5) is 5.82 Å². The second-order valence-corrected chi connectivity index (χ2v) is 4.47. The van der Waals surface area contributed by atoms with Crippen molar-refractivity contribution in [1.29, 1.82) is 0 Å². The Morgan fingerprint density at radius 1 is 1.69 bits per heavy atom. The van der Waals surface area contributed by atoms with E-state index >= 15 is 0 Å². The first-order chi connectivity index (χ1) is 7.70. The van der Waals surface area contributed by atoms with Gasteiger partial charge in [0.25, 0.3) is 0 Å². The first-order valence-corrected chi connectivity index (χ1v) is 5.76. The number of nitrogens with one attached hydrogen (secondary N) is 2. The summed E-state index contributed by atoms with van der Waals surface area (Å²) in [6.07, 6.45) is 3.79. The van der Waals surface area contributed by atoms with Crippen LogP contribution in [-0.2, 0) is 11.2 Å². The predicted octanol–water partition coefficient (Wildman–Crippen LogP) is 1.04. The van der Waals surface area contributed by atoms with Crippen LogP contribution in [0.1, 0.15) is 31.9 Å². The summed E-state index contributed by atoms with van der Waals surface area (Å²) < 4.78 is 0. The van der Waals surface area contributed by atoms with Crippen molar-refractivity contribution < 1.29 is 4.79 Å². The molecule has 1 aliphatic carbocycles. The van der Waals surface area contributed by atoms with Crippen LogP contribution >= 0.6 is 0 Å². The number of aromatic amines is 1. The van der Waals surface area contributed by atoms with E-state index in [1.165, 1.54) is 0 Å². The molecule has 2 rings (SSSR count). The molecule has 5 nitrogen and oxygen atoms in total. The fourth-order valence-electron chi connectivity index (χ4n) is 1.75. The number of nitrogens with zero attached hydrogens (tertiary/aromatic N) is 1. The number of rotatable bonds is 5. The first-order valence-electron chi connectivity index (χ1n) is 5.76. The van der Waals surface area contributed by atoms with Gasteiger partial charge < -0.3 is 11.1 Å². The van der Waals surface area contributed by atoms with Crippen molar-refractivity contribution in [2.75, 3.05) is 11.9 Å². The number of H-pyrrole nitrogens is 1. The molecule has 0 unspecified atom stereocenters. The van der Waals surface area contributed by atoms with E-state index in [1.54, 1.807) is 0 Å². The van der Waals surface area contributed by atoms with Gasteiger partial charge in [0, 0.05) is 18.3 Å². The molecule has 1 saturated carbocycles. The molecule has 1 heterocycles. The van der Waals surface area contributed by atoms with Crippen LogP contribution in [0.25, 0.3) is 0 Å². The molecular formula is C11H18N4O. The largest absolute Gasteiger partial charge is 0.329 e. The third kappa shape index (κ3) is 2.09. The zero-order valence-corrected chi connectivity index (χ0v) is 9.55. The van der Waals surface area contributed by atoms with Gasteiger partial charge in [0.15, 0.2) is 5.82 Å². The first kappa shape index (κ1) is 11.1. The highest BCUT2D eigenvalue weighted by atomic mass is 16.2. The van der Waals surface area contributed by atoms with Crippen molar-refractivity contribution in [2.45, 2.75) is 32.6 Å². The molecule has 1 aliphatic rings. The predicted molar refractivity (Wildman–Crippen MR) is 61.9 cm³/mol. The van der Waals surface area contributed by atoms with Crippen molar-refractivity contribution in [2.24, 2.45) is 11.1 Å².